The van der Waals surface area contributed by atoms with Crippen molar-refractivity contribution in [1.29, 1.82) is 0 Å². The average molecular weight is 281 g/mol. The van der Waals surface area contributed by atoms with Gasteiger partial charge in [-0.1, -0.05) is 27.2 Å². The molecule has 0 aromatic carbocycles. The first-order valence-electron chi connectivity index (χ1n) is 8.46. The average Bonchev–Trinajstić information content (AvgIpc) is 2.89. The summed E-state index contributed by atoms with van der Waals surface area (Å²) in [6.07, 6.45) is 6.51. The summed E-state index contributed by atoms with van der Waals surface area (Å²) in [4.78, 5) is 12.1. The van der Waals surface area contributed by atoms with Crippen molar-refractivity contribution in [3.63, 3.8) is 0 Å². The molecule has 0 radical (unpaired) electrons. The van der Waals surface area contributed by atoms with E-state index in [4.69, 9.17) is 4.74 Å². The molecule has 1 heterocycles. The number of hydrogen-bond acceptors (Lipinski definition) is 3. The van der Waals surface area contributed by atoms with Crippen LogP contribution >= 0.6 is 0 Å². The fraction of sp³-hybridized carbons (Fsp3) is 0.941. The summed E-state index contributed by atoms with van der Waals surface area (Å²) >= 11 is 0. The smallest absolute Gasteiger partial charge is 0.306 e. The highest BCUT2D eigenvalue weighted by atomic mass is 16.5. The number of ether oxygens (including phenoxy) is 1. The van der Waals surface area contributed by atoms with Gasteiger partial charge >= 0.3 is 5.97 Å². The maximum Gasteiger partial charge on any atom is 0.306 e. The first-order valence-corrected chi connectivity index (χ1v) is 8.46. The van der Waals surface area contributed by atoms with Crippen LogP contribution in [0.15, 0.2) is 0 Å². The van der Waals surface area contributed by atoms with E-state index in [2.05, 4.69) is 26.1 Å². The van der Waals surface area contributed by atoms with Gasteiger partial charge < -0.3 is 10.1 Å². The highest BCUT2D eigenvalue weighted by Gasteiger charge is 2.33. The predicted molar refractivity (Wildman–Crippen MR) is 81.4 cm³/mol. The second-order valence-electron chi connectivity index (χ2n) is 7.25. The third-order valence-corrected chi connectivity index (χ3v) is 5.16. The standard InChI is InChI=1S/C17H31NO2/c1-12(2)15-6-4-13(3)10-16(15)20-17(19)7-5-14-8-9-18-11-14/h12-16,18H,4-11H2,1-3H3. The lowest BCUT2D eigenvalue weighted by Gasteiger charge is -2.36. The molecular formula is C17H31NO2. The van der Waals surface area contributed by atoms with E-state index in [9.17, 15) is 4.79 Å². The molecular weight excluding hydrogens is 250 g/mol. The van der Waals surface area contributed by atoms with Gasteiger partial charge in [0, 0.05) is 6.42 Å². The molecule has 1 saturated heterocycles. The van der Waals surface area contributed by atoms with Crippen LogP contribution in [0.1, 0.15) is 59.3 Å². The molecule has 3 nitrogen and oxygen atoms in total. The van der Waals surface area contributed by atoms with E-state index in [0.29, 0.717) is 30.1 Å². The molecule has 1 aliphatic heterocycles. The zero-order valence-corrected chi connectivity index (χ0v) is 13.4. The lowest BCUT2D eigenvalue weighted by Crippen LogP contribution is -2.35. The zero-order valence-electron chi connectivity index (χ0n) is 13.4. The molecule has 2 fully saturated rings. The highest BCUT2D eigenvalue weighted by Crippen LogP contribution is 2.35. The summed E-state index contributed by atoms with van der Waals surface area (Å²) in [5.41, 5.74) is 0. The Morgan fingerprint density at radius 2 is 2.10 bits per heavy atom. The van der Waals surface area contributed by atoms with Crippen LogP contribution < -0.4 is 5.32 Å². The Morgan fingerprint density at radius 1 is 1.30 bits per heavy atom. The van der Waals surface area contributed by atoms with Gasteiger partial charge in [0.05, 0.1) is 0 Å². The molecule has 3 heteroatoms. The van der Waals surface area contributed by atoms with Crippen LogP contribution in [0.3, 0.4) is 0 Å². The van der Waals surface area contributed by atoms with Crippen LogP contribution in [0.25, 0.3) is 0 Å². The van der Waals surface area contributed by atoms with E-state index in [-0.39, 0.29) is 12.1 Å². The fourth-order valence-corrected chi connectivity index (χ4v) is 3.76. The lowest BCUT2D eigenvalue weighted by molar-refractivity contribution is -0.156. The zero-order chi connectivity index (χ0) is 14.5. The van der Waals surface area contributed by atoms with Gasteiger partial charge in [0.2, 0.25) is 0 Å². The van der Waals surface area contributed by atoms with Crippen LogP contribution in [0.4, 0.5) is 0 Å². The van der Waals surface area contributed by atoms with Crippen LogP contribution in [-0.2, 0) is 9.53 Å². The number of esters is 1. The summed E-state index contributed by atoms with van der Waals surface area (Å²) in [5, 5.41) is 3.35. The first kappa shape index (κ1) is 15.8. The molecule has 2 rings (SSSR count). The fourth-order valence-electron chi connectivity index (χ4n) is 3.76. The Bertz CT molecular complexity index is 310. The second kappa shape index (κ2) is 7.44. The normalized spacial score (nSPS) is 34.4. The van der Waals surface area contributed by atoms with Gasteiger partial charge in [-0.05, 0) is 62.4 Å². The van der Waals surface area contributed by atoms with Crippen LogP contribution in [-0.4, -0.2) is 25.2 Å². The number of nitrogens with one attached hydrogen (secondary N) is 1. The van der Waals surface area contributed by atoms with Crippen molar-refractivity contribution >= 4 is 5.97 Å². The van der Waals surface area contributed by atoms with E-state index < -0.39 is 0 Å². The molecule has 0 amide bonds. The van der Waals surface area contributed by atoms with Gasteiger partial charge in [-0.3, -0.25) is 4.79 Å². The van der Waals surface area contributed by atoms with Crippen molar-refractivity contribution in [1.82, 2.24) is 5.32 Å². The van der Waals surface area contributed by atoms with Crippen LogP contribution in [0.5, 0.6) is 0 Å². The van der Waals surface area contributed by atoms with Gasteiger partial charge in [-0.15, -0.1) is 0 Å². The Labute approximate surface area is 123 Å². The Hall–Kier alpha value is -0.570. The quantitative estimate of drug-likeness (QED) is 0.785. The Kier molecular flexibility index (Phi) is 5.88. The van der Waals surface area contributed by atoms with Crippen molar-refractivity contribution in [2.24, 2.45) is 23.7 Å². The Morgan fingerprint density at radius 3 is 2.75 bits per heavy atom. The lowest BCUT2D eigenvalue weighted by atomic mass is 9.75. The monoisotopic (exact) mass is 281 g/mol. The maximum absolute atomic E-state index is 12.1. The number of carbonyl (C=O) groups is 1. The minimum Gasteiger partial charge on any atom is -0.462 e. The van der Waals surface area contributed by atoms with E-state index in [1.165, 1.54) is 19.3 Å². The minimum atomic E-state index is 0.0293. The van der Waals surface area contributed by atoms with Crippen molar-refractivity contribution in [2.45, 2.75) is 65.4 Å². The number of hydrogen-bond donors (Lipinski definition) is 1. The first-order chi connectivity index (χ1) is 9.56. The minimum absolute atomic E-state index is 0.0293. The van der Waals surface area contributed by atoms with Crippen molar-refractivity contribution in [3.05, 3.63) is 0 Å². The number of rotatable bonds is 5. The highest BCUT2D eigenvalue weighted by molar-refractivity contribution is 5.69. The summed E-state index contributed by atoms with van der Waals surface area (Å²) in [5.74, 6) is 2.57. The van der Waals surface area contributed by atoms with Crippen molar-refractivity contribution in [3.8, 4) is 0 Å². The van der Waals surface area contributed by atoms with Crippen molar-refractivity contribution < 1.29 is 9.53 Å². The second-order valence-corrected chi connectivity index (χ2v) is 7.25. The molecule has 0 spiro atoms. The Balaban J connectivity index is 1.77. The molecule has 2 aliphatic rings. The molecule has 4 unspecified atom stereocenters. The maximum atomic E-state index is 12.1. The molecule has 20 heavy (non-hydrogen) atoms. The van der Waals surface area contributed by atoms with Crippen LogP contribution in [0, 0.1) is 23.7 Å². The van der Waals surface area contributed by atoms with Crippen molar-refractivity contribution in [2.75, 3.05) is 13.1 Å². The third-order valence-electron chi connectivity index (χ3n) is 5.16. The molecule has 1 saturated carbocycles. The van der Waals surface area contributed by atoms with E-state index >= 15 is 0 Å². The van der Waals surface area contributed by atoms with Gasteiger partial charge in [-0.25, -0.2) is 0 Å². The molecule has 1 N–H and O–H groups in total. The van der Waals surface area contributed by atoms with Gasteiger partial charge in [0.1, 0.15) is 6.10 Å². The van der Waals surface area contributed by atoms with Gasteiger partial charge in [-0.2, -0.15) is 0 Å². The van der Waals surface area contributed by atoms with Gasteiger partial charge in [0.25, 0.3) is 0 Å². The number of carbonyl (C=O) groups excluding carboxylic acids is 1. The molecule has 116 valence electrons. The molecule has 1 aliphatic carbocycles. The summed E-state index contributed by atoms with van der Waals surface area (Å²) < 4.78 is 5.84. The molecule has 0 bridgehead atoms. The SMILES string of the molecule is CC1CCC(C(C)C)C(OC(=O)CCC2CCNC2)C1. The summed E-state index contributed by atoms with van der Waals surface area (Å²) in [6.45, 7) is 8.97. The molecule has 4 atom stereocenters. The van der Waals surface area contributed by atoms with Crippen LogP contribution in [0.2, 0.25) is 0 Å². The largest absolute Gasteiger partial charge is 0.462 e. The predicted octanol–water partition coefficient (Wildman–Crippen LogP) is 3.38. The van der Waals surface area contributed by atoms with E-state index in [1.807, 2.05) is 0 Å². The van der Waals surface area contributed by atoms with Gasteiger partial charge in [0.15, 0.2) is 0 Å². The molecule has 0 aromatic rings. The van der Waals surface area contributed by atoms with E-state index in [0.717, 1.165) is 25.9 Å². The third kappa shape index (κ3) is 4.47. The topological polar surface area (TPSA) is 38.3 Å². The summed E-state index contributed by atoms with van der Waals surface area (Å²) in [6, 6.07) is 0. The summed E-state index contributed by atoms with van der Waals surface area (Å²) in [7, 11) is 0. The van der Waals surface area contributed by atoms with E-state index in [1.54, 1.807) is 0 Å². The molecule has 0 aromatic heterocycles.